The van der Waals surface area contributed by atoms with Crippen molar-refractivity contribution in [1.29, 1.82) is 0 Å². The molecular formula is C24H40Br2N2O. The van der Waals surface area contributed by atoms with Gasteiger partial charge in [-0.1, -0.05) is 46.0 Å². The number of anilines is 1. The monoisotopic (exact) mass is 530 g/mol. The summed E-state index contributed by atoms with van der Waals surface area (Å²) >= 11 is 7.17. The standard InChI is InChI=1S/C24H40Br2N2O/c1-3-5-14-28(15-6-4-2)16-10-13-24(29,19-11-8-7-9-12-19)20-17-21(25)23(27)22(26)18-20/h17-19,29H,3-16,27H2,1-2H3. The van der Waals surface area contributed by atoms with Gasteiger partial charge in [0.2, 0.25) is 0 Å². The Bertz CT molecular complexity index is 588. The molecule has 0 bridgehead atoms. The van der Waals surface area contributed by atoms with Crippen LogP contribution in [0.1, 0.15) is 90.0 Å². The van der Waals surface area contributed by atoms with E-state index in [1.54, 1.807) is 0 Å². The zero-order chi connectivity index (χ0) is 21.3. The Kier molecular flexibility index (Phi) is 11.0. The van der Waals surface area contributed by atoms with Gasteiger partial charge in [-0.15, -0.1) is 0 Å². The Balaban J connectivity index is 2.15. The van der Waals surface area contributed by atoms with E-state index < -0.39 is 5.60 Å². The van der Waals surface area contributed by atoms with E-state index in [9.17, 15) is 5.11 Å². The molecule has 0 aliphatic heterocycles. The number of rotatable bonds is 12. The van der Waals surface area contributed by atoms with Crippen molar-refractivity contribution in [3.05, 3.63) is 26.6 Å². The highest BCUT2D eigenvalue weighted by Gasteiger charge is 2.39. The molecule has 1 aliphatic carbocycles. The van der Waals surface area contributed by atoms with Crippen molar-refractivity contribution in [3.63, 3.8) is 0 Å². The van der Waals surface area contributed by atoms with Gasteiger partial charge in [0.1, 0.15) is 0 Å². The Morgan fingerprint density at radius 1 is 0.966 bits per heavy atom. The van der Waals surface area contributed by atoms with Crippen molar-refractivity contribution in [1.82, 2.24) is 4.90 Å². The van der Waals surface area contributed by atoms with E-state index in [0.717, 1.165) is 46.7 Å². The second-order valence-electron chi connectivity index (χ2n) is 8.77. The van der Waals surface area contributed by atoms with Crippen molar-refractivity contribution in [2.75, 3.05) is 25.4 Å². The van der Waals surface area contributed by atoms with Crippen LogP contribution in [0.2, 0.25) is 0 Å². The number of hydrogen-bond donors (Lipinski definition) is 2. The molecule has 3 N–H and O–H groups in total. The van der Waals surface area contributed by atoms with Crippen LogP contribution < -0.4 is 5.73 Å². The predicted octanol–water partition coefficient (Wildman–Crippen LogP) is 7.24. The lowest BCUT2D eigenvalue weighted by atomic mass is 9.71. The smallest absolute Gasteiger partial charge is 0.0925 e. The van der Waals surface area contributed by atoms with Gasteiger partial charge in [-0.05, 0) is 114 Å². The number of unbranched alkanes of at least 4 members (excludes halogenated alkanes) is 2. The maximum Gasteiger partial charge on any atom is 0.0925 e. The average Bonchev–Trinajstić information content (AvgIpc) is 2.73. The minimum Gasteiger partial charge on any atom is -0.397 e. The third-order valence-electron chi connectivity index (χ3n) is 6.55. The second kappa shape index (κ2) is 12.7. The Labute approximate surface area is 195 Å². The van der Waals surface area contributed by atoms with Crippen molar-refractivity contribution < 1.29 is 5.11 Å². The third kappa shape index (κ3) is 7.22. The average molecular weight is 532 g/mol. The number of halogens is 2. The zero-order valence-corrected chi connectivity index (χ0v) is 21.5. The second-order valence-corrected chi connectivity index (χ2v) is 10.5. The summed E-state index contributed by atoms with van der Waals surface area (Å²) in [5.74, 6) is 0.332. The van der Waals surface area contributed by atoms with E-state index in [4.69, 9.17) is 5.73 Å². The quantitative estimate of drug-likeness (QED) is 0.279. The van der Waals surface area contributed by atoms with Gasteiger partial charge in [-0.2, -0.15) is 0 Å². The van der Waals surface area contributed by atoms with Crippen LogP contribution in [0, 0.1) is 5.92 Å². The van der Waals surface area contributed by atoms with E-state index in [2.05, 4.69) is 50.6 Å². The molecule has 1 aliphatic rings. The Morgan fingerprint density at radius 3 is 2.00 bits per heavy atom. The first kappa shape index (κ1) is 25.2. The molecule has 3 nitrogen and oxygen atoms in total. The van der Waals surface area contributed by atoms with Crippen LogP contribution in [0.5, 0.6) is 0 Å². The van der Waals surface area contributed by atoms with E-state index in [0.29, 0.717) is 11.6 Å². The minimum atomic E-state index is -0.777. The fourth-order valence-electron chi connectivity index (χ4n) is 4.67. The lowest BCUT2D eigenvalue weighted by molar-refractivity contribution is -0.0491. The Morgan fingerprint density at radius 2 is 1.48 bits per heavy atom. The normalized spacial score (nSPS) is 17.6. The summed E-state index contributed by atoms with van der Waals surface area (Å²) in [6, 6.07) is 4.08. The molecule has 1 unspecified atom stereocenters. The molecule has 1 atom stereocenters. The van der Waals surface area contributed by atoms with Gasteiger partial charge in [0.05, 0.1) is 11.3 Å². The number of nitrogen functional groups attached to an aromatic ring is 1. The van der Waals surface area contributed by atoms with Crippen LogP contribution in [0.4, 0.5) is 5.69 Å². The summed E-state index contributed by atoms with van der Waals surface area (Å²) in [6.07, 6.45) is 12.8. The predicted molar refractivity (Wildman–Crippen MR) is 132 cm³/mol. The van der Waals surface area contributed by atoms with Crippen LogP contribution >= 0.6 is 31.9 Å². The first-order valence-electron chi connectivity index (χ1n) is 11.6. The van der Waals surface area contributed by atoms with Gasteiger partial charge >= 0.3 is 0 Å². The van der Waals surface area contributed by atoms with E-state index in [1.165, 1.54) is 58.0 Å². The maximum absolute atomic E-state index is 12.0. The van der Waals surface area contributed by atoms with Crippen LogP contribution in [0.25, 0.3) is 0 Å². The number of nitrogens with two attached hydrogens (primary N) is 1. The molecule has 1 fully saturated rings. The van der Waals surface area contributed by atoms with Crippen LogP contribution in [-0.2, 0) is 5.60 Å². The van der Waals surface area contributed by atoms with E-state index >= 15 is 0 Å². The first-order valence-corrected chi connectivity index (χ1v) is 13.2. The zero-order valence-electron chi connectivity index (χ0n) is 18.4. The molecule has 0 amide bonds. The fourth-order valence-corrected chi connectivity index (χ4v) is 5.86. The van der Waals surface area contributed by atoms with Gasteiger partial charge in [-0.25, -0.2) is 0 Å². The topological polar surface area (TPSA) is 49.5 Å². The molecule has 2 rings (SSSR count). The lowest BCUT2D eigenvalue weighted by Gasteiger charge is -2.40. The van der Waals surface area contributed by atoms with E-state index in [1.807, 2.05) is 12.1 Å². The van der Waals surface area contributed by atoms with Gasteiger partial charge < -0.3 is 15.7 Å². The number of hydrogen-bond acceptors (Lipinski definition) is 3. The molecule has 0 spiro atoms. The van der Waals surface area contributed by atoms with E-state index in [-0.39, 0.29) is 0 Å². The molecule has 166 valence electrons. The molecule has 0 radical (unpaired) electrons. The highest BCUT2D eigenvalue weighted by atomic mass is 79.9. The summed E-state index contributed by atoms with van der Waals surface area (Å²) in [4.78, 5) is 2.60. The molecule has 0 heterocycles. The van der Waals surface area contributed by atoms with Crippen molar-refractivity contribution in [2.45, 2.75) is 90.1 Å². The molecule has 29 heavy (non-hydrogen) atoms. The van der Waals surface area contributed by atoms with Crippen molar-refractivity contribution in [2.24, 2.45) is 5.92 Å². The van der Waals surface area contributed by atoms with Gasteiger partial charge in [0.25, 0.3) is 0 Å². The Hall–Kier alpha value is -0.100. The highest BCUT2D eigenvalue weighted by Crippen LogP contribution is 2.45. The minimum absolute atomic E-state index is 0.332. The van der Waals surface area contributed by atoms with Crippen LogP contribution in [0.15, 0.2) is 21.1 Å². The van der Waals surface area contributed by atoms with Gasteiger partial charge in [-0.3, -0.25) is 0 Å². The number of aliphatic hydroxyl groups is 1. The molecule has 0 saturated heterocycles. The molecule has 1 aromatic carbocycles. The number of nitrogens with zero attached hydrogens (tertiary/aromatic N) is 1. The summed E-state index contributed by atoms with van der Waals surface area (Å²) in [7, 11) is 0. The summed E-state index contributed by atoms with van der Waals surface area (Å²) in [5, 5.41) is 12.0. The van der Waals surface area contributed by atoms with Gasteiger partial charge in [0.15, 0.2) is 0 Å². The van der Waals surface area contributed by atoms with Crippen LogP contribution in [0.3, 0.4) is 0 Å². The highest BCUT2D eigenvalue weighted by molar-refractivity contribution is 9.11. The SMILES string of the molecule is CCCCN(CCCC)CCCC(O)(c1cc(Br)c(N)c(Br)c1)C1CCCCC1. The number of benzene rings is 1. The fraction of sp³-hybridized carbons (Fsp3) is 0.750. The lowest BCUT2D eigenvalue weighted by Crippen LogP contribution is -2.38. The first-order chi connectivity index (χ1) is 13.9. The third-order valence-corrected chi connectivity index (χ3v) is 7.86. The molecule has 1 saturated carbocycles. The summed E-state index contributed by atoms with van der Waals surface area (Å²) in [6.45, 7) is 7.95. The van der Waals surface area contributed by atoms with Crippen molar-refractivity contribution in [3.8, 4) is 0 Å². The summed E-state index contributed by atoms with van der Waals surface area (Å²) < 4.78 is 1.73. The van der Waals surface area contributed by atoms with Crippen LogP contribution in [-0.4, -0.2) is 29.6 Å². The molecule has 0 aromatic heterocycles. The van der Waals surface area contributed by atoms with Crippen molar-refractivity contribution >= 4 is 37.5 Å². The largest absolute Gasteiger partial charge is 0.397 e. The van der Waals surface area contributed by atoms with Gasteiger partial charge in [0, 0.05) is 8.95 Å². The molecule has 1 aromatic rings. The molecular weight excluding hydrogens is 492 g/mol. The molecule has 5 heteroatoms. The summed E-state index contributed by atoms with van der Waals surface area (Å²) in [5.41, 5.74) is 7.05. The maximum atomic E-state index is 12.0.